The molecule has 0 radical (unpaired) electrons. The molecule has 1 aliphatic heterocycles. The van der Waals surface area contributed by atoms with Crippen LogP contribution < -0.4 is 5.32 Å². The van der Waals surface area contributed by atoms with Crippen molar-refractivity contribution in [1.29, 1.82) is 0 Å². The van der Waals surface area contributed by atoms with Crippen LogP contribution in [0.4, 0.5) is 0 Å². The second kappa shape index (κ2) is 6.58. The zero-order chi connectivity index (χ0) is 15.6. The van der Waals surface area contributed by atoms with Crippen LogP contribution in [-0.4, -0.2) is 48.4 Å². The SMILES string of the molecule is Cc1ccc(C)c(C2NCC(=O)N2CCN(C)C(C)C)c1. The van der Waals surface area contributed by atoms with Crippen molar-refractivity contribution in [3.8, 4) is 0 Å². The summed E-state index contributed by atoms with van der Waals surface area (Å²) in [6.45, 7) is 10.6. The van der Waals surface area contributed by atoms with Gasteiger partial charge in [0.15, 0.2) is 0 Å². The lowest BCUT2D eigenvalue weighted by Crippen LogP contribution is -2.39. The molecule has 0 aromatic heterocycles. The summed E-state index contributed by atoms with van der Waals surface area (Å²) in [4.78, 5) is 16.4. The highest BCUT2D eigenvalue weighted by atomic mass is 16.2. The largest absolute Gasteiger partial charge is 0.321 e. The van der Waals surface area contributed by atoms with Crippen LogP contribution in [0.1, 0.15) is 36.7 Å². The summed E-state index contributed by atoms with van der Waals surface area (Å²) in [6, 6.07) is 6.93. The lowest BCUT2D eigenvalue weighted by Gasteiger charge is -2.29. The first kappa shape index (κ1) is 16.0. The number of benzene rings is 1. The Balaban J connectivity index is 2.14. The smallest absolute Gasteiger partial charge is 0.238 e. The Labute approximate surface area is 128 Å². The predicted octanol–water partition coefficient (Wildman–Crippen LogP) is 2.07. The van der Waals surface area contributed by atoms with Gasteiger partial charge >= 0.3 is 0 Å². The molecule has 1 atom stereocenters. The molecule has 116 valence electrons. The summed E-state index contributed by atoms with van der Waals surface area (Å²) in [6.07, 6.45) is 0.0120. The third-order valence-corrected chi connectivity index (χ3v) is 4.38. The fourth-order valence-electron chi connectivity index (χ4n) is 2.65. The monoisotopic (exact) mass is 289 g/mol. The van der Waals surface area contributed by atoms with Crippen molar-refractivity contribution in [2.75, 3.05) is 26.7 Å². The Morgan fingerprint density at radius 3 is 2.76 bits per heavy atom. The van der Waals surface area contributed by atoms with Crippen LogP contribution in [0.2, 0.25) is 0 Å². The lowest BCUT2D eigenvalue weighted by atomic mass is 10.0. The summed E-state index contributed by atoms with van der Waals surface area (Å²) in [5.74, 6) is 0.193. The average molecular weight is 289 g/mol. The number of nitrogens with zero attached hydrogens (tertiary/aromatic N) is 2. The van der Waals surface area contributed by atoms with Gasteiger partial charge in [0.05, 0.1) is 6.54 Å². The fraction of sp³-hybridized carbons (Fsp3) is 0.588. The molecule has 4 nitrogen and oxygen atoms in total. The van der Waals surface area contributed by atoms with Gasteiger partial charge in [-0.05, 0) is 45.9 Å². The van der Waals surface area contributed by atoms with Crippen molar-refractivity contribution in [3.63, 3.8) is 0 Å². The van der Waals surface area contributed by atoms with Crippen molar-refractivity contribution < 1.29 is 4.79 Å². The molecule has 2 rings (SSSR count). The number of aryl methyl sites for hydroxylation is 2. The number of nitrogens with one attached hydrogen (secondary N) is 1. The summed E-state index contributed by atoms with van der Waals surface area (Å²) >= 11 is 0. The van der Waals surface area contributed by atoms with E-state index in [-0.39, 0.29) is 12.1 Å². The third kappa shape index (κ3) is 3.63. The minimum atomic E-state index is 0.0120. The highest BCUT2D eigenvalue weighted by molar-refractivity contribution is 5.81. The highest BCUT2D eigenvalue weighted by Gasteiger charge is 2.32. The molecule has 1 N–H and O–H groups in total. The van der Waals surface area contributed by atoms with E-state index in [2.05, 4.69) is 63.2 Å². The minimum Gasteiger partial charge on any atom is -0.321 e. The van der Waals surface area contributed by atoms with Gasteiger partial charge in [0.1, 0.15) is 6.17 Å². The number of amides is 1. The van der Waals surface area contributed by atoms with E-state index in [1.807, 2.05) is 4.90 Å². The number of carbonyl (C=O) groups is 1. The topological polar surface area (TPSA) is 35.6 Å². The van der Waals surface area contributed by atoms with Crippen molar-refractivity contribution in [2.45, 2.75) is 39.9 Å². The molecule has 0 saturated carbocycles. The van der Waals surface area contributed by atoms with E-state index < -0.39 is 0 Å². The minimum absolute atomic E-state index is 0.0120. The summed E-state index contributed by atoms with van der Waals surface area (Å²) in [5, 5.41) is 3.35. The zero-order valence-electron chi connectivity index (χ0n) is 13.8. The van der Waals surface area contributed by atoms with Gasteiger partial charge in [0, 0.05) is 19.1 Å². The van der Waals surface area contributed by atoms with Crippen LogP contribution in [0.15, 0.2) is 18.2 Å². The Morgan fingerprint density at radius 2 is 2.10 bits per heavy atom. The molecule has 1 aromatic rings. The molecule has 0 spiro atoms. The molecular weight excluding hydrogens is 262 g/mol. The maximum atomic E-state index is 12.2. The molecule has 1 heterocycles. The van der Waals surface area contributed by atoms with E-state index in [1.54, 1.807) is 0 Å². The first-order valence-corrected chi connectivity index (χ1v) is 7.70. The van der Waals surface area contributed by atoms with E-state index >= 15 is 0 Å². The van der Waals surface area contributed by atoms with Gasteiger partial charge in [-0.3, -0.25) is 10.1 Å². The molecule has 1 saturated heterocycles. The molecule has 4 heteroatoms. The van der Waals surface area contributed by atoms with Crippen molar-refractivity contribution in [1.82, 2.24) is 15.1 Å². The standard InChI is InChI=1S/C17H27N3O/c1-12(2)19(5)8-9-20-16(21)11-18-17(20)15-10-13(3)6-7-14(15)4/h6-7,10,12,17-18H,8-9,11H2,1-5H3. The molecule has 1 unspecified atom stereocenters. The van der Waals surface area contributed by atoms with Gasteiger partial charge in [-0.2, -0.15) is 0 Å². The molecule has 1 aromatic carbocycles. The summed E-state index contributed by atoms with van der Waals surface area (Å²) < 4.78 is 0. The normalized spacial score (nSPS) is 19.1. The third-order valence-electron chi connectivity index (χ3n) is 4.38. The van der Waals surface area contributed by atoms with Crippen molar-refractivity contribution in [2.24, 2.45) is 0 Å². The van der Waals surface area contributed by atoms with E-state index in [4.69, 9.17) is 0 Å². The van der Waals surface area contributed by atoms with Crippen LogP contribution in [-0.2, 0) is 4.79 Å². The van der Waals surface area contributed by atoms with Crippen LogP contribution >= 0.6 is 0 Å². The van der Waals surface area contributed by atoms with Crippen molar-refractivity contribution in [3.05, 3.63) is 34.9 Å². The van der Waals surface area contributed by atoms with Crippen LogP contribution in [0.3, 0.4) is 0 Å². The Hall–Kier alpha value is -1.39. The molecule has 0 bridgehead atoms. The second-order valence-electron chi connectivity index (χ2n) is 6.30. The summed E-state index contributed by atoms with van der Waals surface area (Å²) in [7, 11) is 2.10. The average Bonchev–Trinajstić information content (AvgIpc) is 2.79. The van der Waals surface area contributed by atoms with Gasteiger partial charge < -0.3 is 9.80 Å². The van der Waals surface area contributed by atoms with Gasteiger partial charge in [0.2, 0.25) is 5.91 Å². The van der Waals surface area contributed by atoms with E-state index in [1.165, 1.54) is 16.7 Å². The van der Waals surface area contributed by atoms with Gasteiger partial charge in [-0.1, -0.05) is 23.8 Å². The second-order valence-corrected chi connectivity index (χ2v) is 6.30. The van der Waals surface area contributed by atoms with Crippen LogP contribution in [0, 0.1) is 13.8 Å². The molecule has 1 amide bonds. The number of hydrogen-bond acceptors (Lipinski definition) is 3. The van der Waals surface area contributed by atoms with Gasteiger partial charge in [0.25, 0.3) is 0 Å². The van der Waals surface area contributed by atoms with Gasteiger partial charge in [-0.25, -0.2) is 0 Å². The first-order chi connectivity index (χ1) is 9.90. The molecule has 0 aliphatic carbocycles. The maximum absolute atomic E-state index is 12.2. The fourth-order valence-corrected chi connectivity index (χ4v) is 2.65. The van der Waals surface area contributed by atoms with E-state index in [0.29, 0.717) is 12.6 Å². The van der Waals surface area contributed by atoms with Crippen LogP contribution in [0.5, 0.6) is 0 Å². The molecule has 1 fully saturated rings. The number of likely N-dealkylation sites (N-methyl/N-ethyl adjacent to an activating group) is 1. The number of carbonyl (C=O) groups excluding carboxylic acids is 1. The van der Waals surface area contributed by atoms with E-state index in [9.17, 15) is 4.79 Å². The Morgan fingerprint density at radius 1 is 1.38 bits per heavy atom. The number of hydrogen-bond donors (Lipinski definition) is 1. The zero-order valence-corrected chi connectivity index (χ0v) is 13.8. The Kier molecular flexibility index (Phi) is 5.01. The lowest BCUT2D eigenvalue weighted by molar-refractivity contribution is -0.128. The Bertz CT molecular complexity index is 513. The van der Waals surface area contributed by atoms with Crippen LogP contribution in [0.25, 0.3) is 0 Å². The molecular formula is C17H27N3O. The maximum Gasteiger partial charge on any atom is 0.238 e. The highest BCUT2D eigenvalue weighted by Crippen LogP contribution is 2.26. The molecule has 21 heavy (non-hydrogen) atoms. The van der Waals surface area contributed by atoms with Crippen molar-refractivity contribution >= 4 is 5.91 Å². The number of rotatable bonds is 5. The summed E-state index contributed by atoms with van der Waals surface area (Å²) in [5.41, 5.74) is 3.68. The van der Waals surface area contributed by atoms with E-state index in [0.717, 1.165) is 13.1 Å². The molecule has 1 aliphatic rings. The quantitative estimate of drug-likeness (QED) is 0.901. The first-order valence-electron chi connectivity index (χ1n) is 7.70. The van der Waals surface area contributed by atoms with Gasteiger partial charge in [-0.15, -0.1) is 0 Å². The predicted molar refractivity (Wildman–Crippen MR) is 86.1 cm³/mol.